The number of aromatic nitrogens is 4. The van der Waals surface area contributed by atoms with Crippen LogP contribution in [0.1, 0.15) is 30.3 Å². The normalized spacial score (nSPS) is 12.9. The molecule has 0 saturated carbocycles. The fraction of sp³-hybridized carbons (Fsp3) is 0.444. The van der Waals surface area contributed by atoms with Crippen molar-refractivity contribution in [3.63, 3.8) is 0 Å². The first-order chi connectivity index (χ1) is 7.79. The zero-order chi connectivity index (χ0) is 11.4. The molecule has 2 rings (SSSR count). The fourth-order valence-corrected chi connectivity index (χ4v) is 1.30. The van der Waals surface area contributed by atoms with E-state index in [0.717, 1.165) is 5.76 Å². The molecule has 16 heavy (non-hydrogen) atoms. The second-order valence-corrected chi connectivity index (χ2v) is 3.40. The molecule has 1 unspecified atom stereocenters. The van der Waals surface area contributed by atoms with Crippen molar-refractivity contribution < 1.29 is 9.52 Å². The van der Waals surface area contributed by atoms with Gasteiger partial charge in [-0.05, 0) is 19.1 Å². The lowest BCUT2D eigenvalue weighted by Gasteiger charge is -2.07. The van der Waals surface area contributed by atoms with Crippen molar-refractivity contribution in [1.29, 1.82) is 0 Å². The third-order valence-electron chi connectivity index (χ3n) is 2.20. The molecule has 86 valence electrons. The molecule has 3 N–H and O–H groups in total. The highest BCUT2D eigenvalue weighted by atomic mass is 16.4. The van der Waals surface area contributed by atoms with Crippen molar-refractivity contribution in [2.45, 2.75) is 26.1 Å². The molecular weight excluding hydrogens is 210 g/mol. The van der Waals surface area contributed by atoms with Gasteiger partial charge in [0.1, 0.15) is 18.1 Å². The van der Waals surface area contributed by atoms with Gasteiger partial charge in [0, 0.05) is 0 Å². The summed E-state index contributed by atoms with van der Waals surface area (Å²) < 4.78 is 5.32. The number of aliphatic hydroxyl groups is 1. The van der Waals surface area contributed by atoms with E-state index in [2.05, 4.69) is 25.9 Å². The Morgan fingerprint density at radius 2 is 2.31 bits per heavy atom. The summed E-state index contributed by atoms with van der Waals surface area (Å²) in [7, 11) is 0. The van der Waals surface area contributed by atoms with Crippen molar-refractivity contribution in [1.82, 2.24) is 25.9 Å². The standard InChI is InChI=1S/C9H13N5O2/c1-6(9-11-13-14-12-9)10-4-7-2-3-8(5-15)16-7/h2-3,6,10,15H,4-5H2,1H3,(H,11,12,13,14). The van der Waals surface area contributed by atoms with Gasteiger partial charge in [0.05, 0.1) is 12.6 Å². The van der Waals surface area contributed by atoms with E-state index in [1.165, 1.54) is 0 Å². The Kier molecular flexibility index (Phi) is 3.28. The number of hydrogen-bond donors (Lipinski definition) is 3. The van der Waals surface area contributed by atoms with E-state index in [1.54, 1.807) is 6.07 Å². The van der Waals surface area contributed by atoms with Gasteiger partial charge in [0.2, 0.25) is 0 Å². The number of H-pyrrole nitrogens is 1. The third kappa shape index (κ3) is 2.44. The van der Waals surface area contributed by atoms with Gasteiger partial charge in [-0.25, -0.2) is 0 Å². The predicted octanol–water partition coefficient (Wildman–Crippen LogP) is 0.136. The molecule has 0 spiro atoms. The molecule has 2 aromatic rings. The van der Waals surface area contributed by atoms with E-state index < -0.39 is 0 Å². The molecule has 0 fully saturated rings. The number of aliphatic hydroxyl groups excluding tert-OH is 1. The molecule has 0 aliphatic rings. The number of aromatic amines is 1. The molecular formula is C9H13N5O2. The lowest BCUT2D eigenvalue weighted by atomic mass is 10.3. The van der Waals surface area contributed by atoms with Crippen molar-refractivity contribution in [2.75, 3.05) is 0 Å². The molecule has 0 bridgehead atoms. The van der Waals surface area contributed by atoms with Crippen molar-refractivity contribution in [3.8, 4) is 0 Å². The maximum absolute atomic E-state index is 8.83. The molecule has 0 aromatic carbocycles. The quantitative estimate of drug-likeness (QED) is 0.666. The third-order valence-corrected chi connectivity index (χ3v) is 2.20. The van der Waals surface area contributed by atoms with Gasteiger partial charge < -0.3 is 14.8 Å². The van der Waals surface area contributed by atoms with E-state index in [4.69, 9.17) is 9.52 Å². The molecule has 2 heterocycles. The van der Waals surface area contributed by atoms with Crippen LogP contribution in [0.3, 0.4) is 0 Å². The van der Waals surface area contributed by atoms with Gasteiger partial charge in [-0.15, -0.1) is 10.2 Å². The van der Waals surface area contributed by atoms with Gasteiger partial charge in [-0.2, -0.15) is 5.21 Å². The number of rotatable bonds is 5. The van der Waals surface area contributed by atoms with Crippen LogP contribution < -0.4 is 5.32 Å². The number of hydrogen-bond acceptors (Lipinski definition) is 6. The highest BCUT2D eigenvalue weighted by Gasteiger charge is 2.10. The Labute approximate surface area is 91.9 Å². The first kappa shape index (κ1) is 10.8. The first-order valence-corrected chi connectivity index (χ1v) is 4.94. The van der Waals surface area contributed by atoms with Crippen molar-refractivity contribution in [3.05, 3.63) is 29.5 Å². The summed E-state index contributed by atoms with van der Waals surface area (Å²) in [6.07, 6.45) is 0. The Hall–Kier alpha value is -1.73. The van der Waals surface area contributed by atoms with Crippen LogP contribution in [-0.4, -0.2) is 25.7 Å². The van der Waals surface area contributed by atoms with E-state index >= 15 is 0 Å². The number of tetrazole rings is 1. The fourth-order valence-electron chi connectivity index (χ4n) is 1.30. The summed E-state index contributed by atoms with van der Waals surface area (Å²) in [5.74, 6) is 1.93. The molecule has 0 radical (unpaired) electrons. The minimum atomic E-state index is -0.0829. The number of furan rings is 1. The van der Waals surface area contributed by atoms with Crippen LogP contribution in [0.2, 0.25) is 0 Å². The Morgan fingerprint density at radius 3 is 2.94 bits per heavy atom. The Bertz CT molecular complexity index is 425. The topological polar surface area (TPSA) is 99.9 Å². The zero-order valence-corrected chi connectivity index (χ0v) is 8.84. The lowest BCUT2D eigenvalue weighted by Crippen LogP contribution is -2.19. The molecule has 0 aliphatic carbocycles. The van der Waals surface area contributed by atoms with Crippen molar-refractivity contribution in [2.24, 2.45) is 0 Å². The Balaban J connectivity index is 1.87. The summed E-state index contributed by atoms with van der Waals surface area (Å²) in [6, 6.07) is 3.55. The van der Waals surface area contributed by atoms with E-state index in [-0.39, 0.29) is 12.6 Å². The molecule has 0 aliphatic heterocycles. The molecule has 7 heteroatoms. The van der Waals surface area contributed by atoms with Crippen LogP contribution in [0.5, 0.6) is 0 Å². The van der Waals surface area contributed by atoms with Crippen LogP contribution in [0, 0.1) is 0 Å². The van der Waals surface area contributed by atoms with Gasteiger partial charge in [0.15, 0.2) is 5.82 Å². The maximum atomic E-state index is 8.83. The molecule has 1 atom stereocenters. The van der Waals surface area contributed by atoms with Crippen LogP contribution in [0.15, 0.2) is 16.5 Å². The van der Waals surface area contributed by atoms with Gasteiger partial charge >= 0.3 is 0 Å². The zero-order valence-electron chi connectivity index (χ0n) is 8.84. The largest absolute Gasteiger partial charge is 0.462 e. The van der Waals surface area contributed by atoms with Crippen LogP contribution in [-0.2, 0) is 13.2 Å². The maximum Gasteiger partial charge on any atom is 0.191 e. The first-order valence-electron chi connectivity index (χ1n) is 4.94. The second-order valence-electron chi connectivity index (χ2n) is 3.40. The average molecular weight is 223 g/mol. The van der Waals surface area contributed by atoms with Crippen LogP contribution in [0.25, 0.3) is 0 Å². The lowest BCUT2D eigenvalue weighted by molar-refractivity contribution is 0.242. The Morgan fingerprint density at radius 1 is 1.50 bits per heavy atom. The van der Waals surface area contributed by atoms with Crippen LogP contribution >= 0.6 is 0 Å². The second kappa shape index (κ2) is 4.86. The summed E-state index contributed by atoms with van der Waals surface area (Å²) in [5, 5.41) is 25.6. The molecule has 0 amide bonds. The minimum absolute atomic E-state index is 0.0126. The monoisotopic (exact) mass is 223 g/mol. The SMILES string of the molecule is CC(NCc1ccc(CO)o1)c1nn[nH]n1. The van der Waals surface area contributed by atoms with Gasteiger partial charge in [0.25, 0.3) is 0 Å². The van der Waals surface area contributed by atoms with E-state index in [9.17, 15) is 0 Å². The summed E-state index contributed by atoms with van der Waals surface area (Å²) in [6.45, 7) is 2.40. The highest BCUT2D eigenvalue weighted by Crippen LogP contribution is 2.10. The average Bonchev–Trinajstić information content (AvgIpc) is 2.96. The highest BCUT2D eigenvalue weighted by molar-refractivity contribution is 5.06. The summed E-state index contributed by atoms with van der Waals surface area (Å²) in [5.41, 5.74) is 0. The number of nitrogens with one attached hydrogen (secondary N) is 2. The van der Waals surface area contributed by atoms with E-state index in [0.29, 0.717) is 18.1 Å². The smallest absolute Gasteiger partial charge is 0.191 e. The van der Waals surface area contributed by atoms with Gasteiger partial charge in [-0.1, -0.05) is 5.21 Å². The number of nitrogens with zero attached hydrogens (tertiary/aromatic N) is 3. The van der Waals surface area contributed by atoms with Crippen LogP contribution in [0.4, 0.5) is 0 Å². The molecule has 2 aromatic heterocycles. The summed E-state index contributed by atoms with van der Waals surface area (Å²) in [4.78, 5) is 0. The summed E-state index contributed by atoms with van der Waals surface area (Å²) >= 11 is 0. The predicted molar refractivity (Wildman–Crippen MR) is 54.1 cm³/mol. The molecule has 0 saturated heterocycles. The minimum Gasteiger partial charge on any atom is -0.462 e. The van der Waals surface area contributed by atoms with E-state index in [1.807, 2.05) is 13.0 Å². The van der Waals surface area contributed by atoms with Gasteiger partial charge in [-0.3, -0.25) is 0 Å². The molecule has 7 nitrogen and oxygen atoms in total. The van der Waals surface area contributed by atoms with Crippen molar-refractivity contribution >= 4 is 0 Å².